The van der Waals surface area contributed by atoms with Crippen LogP contribution in [-0.2, 0) is 0 Å². The third kappa shape index (κ3) is 8.79. The second-order valence-corrected chi connectivity index (χ2v) is 10.3. The fraction of sp³-hybridized carbons (Fsp3) is 0.724. The number of amides is 1. The molecule has 0 radical (unpaired) electrons. The Morgan fingerprint density at radius 2 is 1.55 bits per heavy atom. The molecule has 4 nitrogen and oxygen atoms in total. The average molecular weight is 455 g/mol. The van der Waals surface area contributed by atoms with Crippen LogP contribution in [0.1, 0.15) is 121 Å². The fourth-order valence-corrected chi connectivity index (χ4v) is 5.71. The second-order valence-electron chi connectivity index (χ2n) is 10.3. The maximum absolute atomic E-state index is 12.5. The van der Waals surface area contributed by atoms with Crippen molar-refractivity contribution in [3.8, 4) is 5.75 Å². The van der Waals surface area contributed by atoms with Crippen LogP contribution in [-0.4, -0.2) is 18.2 Å². The molecule has 0 aromatic heterocycles. The molecule has 2 saturated carbocycles. The maximum Gasteiger partial charge on any atom is 0.271 e. The standard InChI is InChI=1S/C29H46N2O2/c1-3-5-6-7-8-22-33-28-20-16-26(17-21-28)29(32)31-30-27-18-14-25(15-19-27)24-12-10-23(9-4-2)11-13-24/h16-17,20-21,23-25H,3-15,18-19,22H2,1-2H3,(H,31,32). The van der Waals surface area contributed by atoms with Crippen molar-refractivity contribution >= 4 is 11.6 Å². The highest BCUT2D eigenvalue weighted by atomic mass is 16.5. The predicted molar refractivity (Wildman–Crippen MR) is 138 cm³/mol. The van der Waals surface area contributed by atoms with Crippen LogP contribution in [0.15, 0.2) is 29.4 Å². The number of hydrazone groups is 1. The minimum Gasteiger partial charge on any atom is -0.494 e. The molecule has 2 aliphatic carbocycles. The van der Waals surface area contributed by atoms with Crippen LogP contribution in [0.4, 0.5) is 0 Å². The first-order valence-corrected chi connectivity index (χ1v) is 13.8. The van der Waals surface area contributed by atoms with Gasteiger partial charge < -0.3 is 4.74 Å². The Hall–Kier alpha value is -1.84. The van der Waals surface area contributed by atoms with Gasteiger partial charge in [-0.3, -0.25) is 4.79 Å². The molecule has 0 spiro atoms. The average Bonchev–Trinajstić information content (AvgIpc) is 2.86. The first-order chi connectivity index (χ1) is 16.2. The van der Waals surface area contributed by atoms with E-state index in [1.807, 2.05) is 24.3 Å². The molecule has 2 aliphatic rings. The Labute approximate surface area is 202 Å². The van der Waals surface area contributed by atoms with E-state index in [1.165, 1.54) is 77.0 Å². The van der Waals surface area contributed by atoms with Crippen molar-refractivity contribution in [2.45, 2.75) is 110 Å². The Morgan fingerprint density at radius 3 is 2.21 bits per heavy atom. The third-order valence-corrected chi connectivity index (χ3v) is 7.81. The van der Waals surface area contributed by atoms with Crippen molar-refractivity contribution < 1.29 is 9.53 Å². The van der Waals surface area contributed by atoms with Gasteiger partial charge >= 0.3 is 0 Å². The van der Waals surface area contributed by atoms with E-state index in [1.54, 1.807) is 0 Å². The van der Waals surface area contributed by atoms with Crippen LogP contribution >= 0.6 is 0 Å². The number of carbonyl (C=O) groups excluding carboxylic acids is 1. The lowest BCUT2D eigenvalue weighted by atomic mass is 9.70. The zero-order chi connectivity index (χ0) is 23.3. The van der Waals surface area contributed by atoms with Gasteiger partial charge in [-0.25, -0.2) is 5.43 Å². The molecule has 2 fully saturated rings. The number of unbranched alkanes of at least 4 members (excludes halogenated alkanes) is 4. The van der Waals surface area contributed by atoms with Crippen molar-refractivity contribution in [2.24, 2.45) is 22.9 Å². The van der Waals surface area contributed by atoms with Crippen LogP contribution in [0.3, 0.4) is 0 Å². The quantitative estimate of drug-likeness (QED) is 0.257. The Kier molecular flexibility index (Phi) is 11.3. The molecule has 0 aliphatic heterocycles. The zero-order valence-corrected chi connectivity index (χ0v) is 21.1. The molecule has 0 bridgehead atoms. The van der Waals surface area contributed by atoms with E-state index in [0.717, 1.165) is 55.1 Å². The number of nitrogens with one attached hydrogen (secondary N) is 1. The molecule has 0 unspecified atom stereocenters. The highest BCUT2D eigenvalue weighted by Gasteiger charge is 2.29. The Bertz CT molecular complexity index is 710. The highest BCUT2D eigenvalue weighted by molar-refractivity contribution is 5.95. The molecular weight excluding hydrogens is 408 g/mol. The summed E-state index contributed by atoms with van der Waals surface area (Å²) in [6, 6.07) is 7.42. The summed E-state index contributed by atoms with van der Waals surface area (Å²) in [4.78, 5) is 12.5. The van der Waals surface area contributed by atoms with E-state index in [2.05, 4.69) is 24.4 Å². The molecular formula is C29H46N2O2. The molecule has 1 N–H and O–H groups in total. The van der Waals surface area contributed by atoms with E-state index < -0.39 is 0 Å². The fourth-order valence-electron chi connectivity index (χ4n) is 5.71. The van der Waals surface area contributed by atoms with Crippen LogP contribution in [0.25, 0.3) is 0 Å². The summed E-state index contributed by atoms with van der Waals surface area (Å²) in [6.07, 6.45) is 19.2. The van der Waals surface area contributed by atoms with Crippen LogP contribution < -0.4 is 10.2 Å². The van der Waals surface area contributed by atoms with E-state index >= 15 is 0 Å². The smallest absolute Gasteiger partial charge is 0.271 e. The van der Waals surface area contributed by atoms with Gasteiger partial charge in [-0.2, -0.15) is 5.10 Å². The van der Waals surface area contributed by atoms with Crippen molar-refractivity contribution in [1.82, 2.24) is 5.43 Å². The van der Waals surface area contributed by atoms with E-state index in [-0.39, 0.29) is 5.91 Å². The molecule has 0 saturated heterocycles. The molecule has 0 heterocycles. The van der Waals surface area contributed by atoms with Gasteiger partial charge in [-0.05, 0) is 87.0 Å². The largest absolute Gasteiger partial charge is 0.494 e. The van der Waals surface area contributed by atoms with E-state index in [9.17, 15) is 4.79 Å². The van der Waals surface area contributed by atoms with Gasteiger partial charge in [-0.1, -0.05) is 65.2 Å². The summed E-state index contributed by atoms with van der Waals surface area (Å²) < 4.78 is 5.79. The van der Waals surface area contributed by atoms with Gasteiger partial charge in [0.1, 0.15) is 5.75 Å². The first-order valence-electron chi connectivity index (χ1n) is 13.8. The summed E-state index contributed by atoms with van der Waals surface area (Å²) in [6.45, 7) is 5.28. The third-order valence-electron chi connectivity index (χ3n) is 7.81. The topological polar surface area (TPSA) is 50.7 Å². The Balaban J connectivity index is 1.34. The SMILES string of the molecule is CCCCCCCOc1ccc(C(=O)NN=C2CCC(C3CCC(CCC)CC3)CC2)cc1. The van der Waals surface area contributed by atoms with Gasteiger partial charge in [-0.15, -0.1) is 0 Å². The minimum absolute atomic E-state index is 0.134. The van der Waals surface area contributed by atoms with Gasteiger partial charge in [0, 0.05) is 11.3 Å². The number of carbonyl (C=O) groups is 1. The molecule has 1 aromatic rings. The number of hydrogen-bond acceptors (Lipinski definition) is 3. The van der Waals surface area contributed by atoms with Crippen LogP contribution in [0.5, 0.6) is 5.75 Å². The first kappa shape index (κ1) is 25.8. The summed E-state index contributed by atoms with van der Waals surface area (Å²) in [7, 11) is 0. The van der Waals surface area contributed by atoms with E-state index in [4.69, 9.17) is 4.74 Å². The molecule has 4 heteroatoms. The van der Waals surface area contributed by atoms with Gasteiger partial charge in [0.25, 0.3) is 5.91 Å². The lowest BCUT2D eigenvalue weighted by Crippen LogP contribution is -2.27. The van der Waals surface area contributed by atoms with Gasteiger partial charge in [0.15, 0.2) is 0 Å². The van der Waals surface area contributed by atoms with E-state index in [0.29, 0.717) is 5.56 Å². The normalized spacial score (nSPS) is 23.2. The monoisotopic (exact) mass is 454 g/mol. The van der Waals surface area contributed by atoms with Crippen molar-refractivity contribution in [2.75, 3.05) is 6.61 Å². The minimum atomic E-state index is -0.134. The number of rotatable bonds is 12. The second kappa shape index (κ2) is 14.4. The molecule has 1 amide bonds. The maximum atomic E-state index is 12.5. The zero-order valence-electron chi connectivity index (χ0n) is 21.1. The number of benzene rings is 1. The highest BCUT2D eigenvalue weighted by Crippen LogP contribution is 2.40. The van der Waals surface area contributed by atoms with Crippen LogP contribution in [0.2, 0.25) is 0 Å². The number of hydrogen-bond donors (Lipinski definition) is 1. The Morgan fingerprint density at radius 1 is 0.879 bits per heavy atom. The number of ether oxygens (including phenoxy) is 1. The summed E-state index contributed by atoms with van der Waals surface area (Å²) in [5.74, 6) is 3.46. The number of nitrogens with zero attached hydrogens (tertiary/aromatic N) is 1. The van der Waals surface area contributed by atoms with Crippen LogP contribution in [0, 0.1) is 17.8 Å². The molecule has 3 rings (SSSR count). The lowest BCUT2D eigenvalue weighted by Gasteiger charge is -2.36. The summed E-state index contributed by atoms with van der Waals surface area (Å²) >= 11 is 0. The van der Waals surface area contributed by atoms with Gasteiger partial charge in [0.05, 0.1) is 6.61 Å². The molecule has 0 atom stereocenters. The summed E-state index contributed by atoms with van der Waals surface area (Å²) in [5, 5.41) is 4.47. The molecule has 33 heavy (non-hydrogen) atoms. The van der Waals surface area contributed by atoms with Crippen molar-refractivity contribution in [3.05, 3.63) is 29.8 Å². The van der Waals surface area contributed by atoms with Crippen molar-refractivity contribution in [3.63, 3.8) is 0 Å². The summed E-state index contributed by atoms with van der Waals surface area (Å²) in [5.41, 5.74) is 4.57. The molecule has 1 aromatic carbocycles. The van der Waals surface area contributed by atoms with Gasteiger partial charge in [0.2, 0.25) is 0 Å². The molecule has 184 valence electrons. The van der Waals surface area contributed by atoms with Crippen molar-refractivity contribution in [1.29, 1.82) is 0 Å². The predicted octanol–water partition coefficient (Wildman–Crippen LogP) is 7.92. The lowest BCUT2D eigenvalue weighted by molar-refractivity contribution is 0.0954.